The molecule has 3 aromatic heterocycles. The van der Waals surface area contributed by atoms with Crippen LogP contribution in [0.15, 0.2) is 158 Å². The van der Waals surface area contributed by atoms with Gasteiger partial charge in [-0.3, -0.25) is 0 Å². The molecule has 0 spiro atoms. The predicted molar refractivity (Wildman–Crippen MR) is 202 cm³/mol. The first-order chi connectivity index (χ1) is 23.9. The second kappa shape index (κ2) is 8.82. The van der Waals surface area contributed by atoms with Crippen LogP contribution in [-0.2, 0) is 0 Å². The van der Waals surface area contributed by atoms with Crippen LogP contribution >= 0.6 is 0 Å². The van der Waals surface area contributed by atoms with E-state index in [2.05, 4.69) is 167 Å². The van der Waals surface area contributed by atoms with Crippen molar-refractivity contribution in [2.24, 2.45) is 0 Å². The van der Waals surface area contributed by atoms with Gasteiger partial charge in [0.2, 0.25) is 0 Å². The van der Waals surface area contributed by atoms with E-state index in [1.165, 1.54) is 98.6 Å². The maximum Gasteiger partial charge on any atom is 0.0618 e. The van der Waals surface area contributed by atoms with Crippen LogP contribution in [0.3, 0.4) is 0 Å². The number of fused-ring (bicyclic) bond motifs is 19. The van der Waals surface area contributed by atoms with Gasteiger partial charge in [-0.1, -0.05) is 133 Å². The Kier molecular flexibility index (Phi) is 4.60. The number of benzene rings is 7. The zero-order valence-corrected chi connectivity index (χ0v) is 26.1. The Balaban J connectivity index is 1.27. The van der Waals surface area contributed by atoms with Crippen molar-refractivity contribution in [3.8, 4) is 16.9 Å². The van der Waals surface area contributed by atoms with Gasteiger partial charge >= 0.3 is 0 Å². The lowest BCUT2D eigenvalue weighted by Gasteiger charge is -2.32. The molecule has 0 aliphatic heterocycles. The van der Waals surface area contributed by atoms with Crippen molar-refractivity contribution in [3.05, 3.63) is 169 Å². The van der Waals surface area contributed by atoms with Crippen LogP contribution in [0.5, 0.6) is 0 Å². The van der Waals surface area contributed by atoms with E-state index >= 15 is 0 Å². The summed E-state index contributed by atoms with van der Waals surface area (Å²) in [5.41, 5.74) is 10.6. The number of nitrogens with zero attached hydrogens (tertiary/aromatic N) is 2. The summed E-state index contributed by atoms with van der Waals surface area (Å²) in [5, 5.41) is 13.1. The molecule has 7 aromatic carbocycles. The van der Waals surface area contributed by atoms with Gasteiger partial charge in [-0.2, -0.15) is 0 Å². The van der Waals surface area contributed by atoms with Gasteiger partial charge in [0.1, 0.15) is 0 Å². The summed E-state index contributed by atoms with van der Waals surface area (Å²) >= 11 is 0. The third kappa shape index (κ3) is 2.91. The minimum absolute atomic E-state index is 0.241. The number of hydrogen-bond donors (Lipinski definition) is 0. The van der Waals surface area contributed by atoms with Gasteiger partial charge in [0.05, 0.1) is 22.2 Å². The van der Waals surface area contributed by atoms with Crippen molar-refractivity contribution in [3.63, 3.8) is 0 Å². The predicted octanol–water partition coefficient (Wildman–Crippen LogP) is 12.1. The normalized spacial score (nSPS) is 17.0. The number of rotatable bonds is 1. The lowest BCUT2D eigenvalue weighted by atomic mass is 9.73. The molecule has 2 unspecified atom stereocenters. The van der Waals surface area contributed by atoms with Gasteiger partial charge in [-0.25, -0.2) is 0 Å². The monoisotopic (exact) mass is 608 g/mol. The lowest BCUT2D eigenvalue weighted by molar-refractivity contribution is 0.698. The maximum absolute atomic E-state index is 2.60. The second-order valence-electron chi connectivity index (χ2n) is 13.6. The molecule has 2 aliphatic carbocycles. The molecule has 12 rings (SSSR count). The highest BCUT2D eigenvalue weighted by Crippen LogP contribution is 2.57. The van der Waals surface area contributed by atoms with E-state index in [4.69, 9.17) is 0 Å². The Labute approximate surface area is 276 Å². The molecule has 2 aliphatic rings. The first kappa shape index (κ1) is 25.0. The third-order valence-electron chi connectivity index (χ3n) is 11.4. The molecule has 2 heteroatoms. The summed E-state index contributed by atoms with van der Waals surface area (Å²) in [4.78, 5) is 0. The molecule has 2 nitrogen and oxygen atoms in total. The van der Waals surface area contributed by atoms with E-state index in [0.717, 1.165) is 0 Å². The number of hydrogen-bond acceptors (Lipinski definition) is 0. The Morgan fingerprint density at radius 3 is 1.73 bits per heavy atom. The van der Waals surface area contributed by atoms with E-state index in [0.29, 0.717) is 0 Å². The van der Waals surface area contributed by atoms with Gasteiger partial charge in [0.25, 0.3) is 0 Å². The number of aromatic nitrogens is 2. The average Bonchev–Trinajstić information content (AvgIpc) is 3.80. The molecule has 2 atom stereocenters. The summed E-state index contributed by atoms with van der Waals surface area (Å²) in [6, 6.07) is 49.8. The van der Waals surface area contributed by atoms with Crippen LogP contribution in [-0.4, -0.2) is 8.97 Å². The summed E-state index contributed by atoms with van der Waals surface area (Å²) in [7, 11) is 0. The molecule has 3 heterocycles. The van der Waals surface area contributed by atoms with E-state index in [9.17, 15) is 0 Å². The second-order valence-corrected chi connectivity index (χ2v) is 13.6. The van der Waals surface area contributed by atoms with Gasteiger partial charge < -0.3 is 8.97 Å². The van der Waals surface area contributed by atoms with Gasteiger partial charge in [-0.05, 0) is 62.1 Å². The number of allylic oxidation sites excluding steroid dienone is 4. The highest BCUT2D eigenvalue weighted by Gasteiger charge is 2.41. The largest absolute Gasteiger partial charge is 0.311 e. The number of para-hydroxylation sites is 3. The quantitative estimate of drug-likeness (QED) is 0.164. The summed E-state index contributed by atoms with van der Waals surface area (Å²) in [5.74, 6) is 0.487. The topological polar surface area (TPSA) is 9.34 Å². The van der Waals surface area contributed by atoms with Crippen LogP contribution in [0.25, 0.3) is 87.4 Å². The van der Waals surface area contributed by atoms with Crippen molar-refractivity contribution < 1.29 is 0 Å². The Hall–Kier alpha value is -6.12. The van der Waals surface area contributed by atoms with Crippen molar-refractivity contribution in [2.75, 3.05) is 0 Å². The van der Waals surface area contributed by atoms with Crippen LogP contribution in [0.4, 0.5) is 0 Å². The minimum atomic E-state index is 0.241. The fraction of sp³-hybridized carbons (Fsp3) is 0.0435. The van der Waals surface area contributed by atoms with Crippen LogP contribution in [0.1, 0.15) is 23.1 Å². The molecule has 0 N–H and O–H groups in total. The van der Waals surface area contributed by atoms with Crippen LogP contribution in [0, 0.1) is 0 Å². The highest BCUT2D eigenvalue weighted by atomic mass is 15.0. The fourth-order valence-electron chi connectivity index (χ4n) is 9.58. The molecule has 0 bridgehead atoms. The Bertz CT molecular complexity index is 3040. The minimum Gasteiger partial charge on any atom is -0.311 e. The van der Waals surface area contributed by atoms with E-state index in [-0.39, 0.29) is 11.8 Å². The third-order valence-corrected chi connectivity index (χ3v) is 11.4. The summed E-state index contributed by atoms with van der Waals surface area (Å²) in [6.45, 7) is 0. The van der Waals surface area contributed by atoms with Crippen molar-refractivity contribution in [2.45, 2.75) is 11.8 Å². The molecular weight excluding hydrogens is 581 g/mol. The molecule has 0 saturated heterocycles. The zero-order chi connectivity index (χ0) is 31.1. The van der Waals surface area contributed by atoms with Crippen molar-refractivity contribution >= 4 is 70.4 Å². The van der Waals surface area contributed by atoms with E-state index < -0.39 is 0 Å². The Morgan fingerprint density at radius 1 is 0.417 bits per heavy atom. The fourth-order valence-corrected chi connectivity index (χ4v) is 9.58. The van der Waals surface area contributed by atoms with E-state index in [1.807, 2.05) is 0 Å². The SMILES string of the molecule is C1=CC2c3c(n(-c4ccc5c6ccccc6c6ccccc6c5c4)c4ccccc34)-c3c(n4c5ccccc5c5cccc3c54)C2C=C1. The molecule has 48 heavy (non-hydrogen) atoms. The highest BCUT2D eigenvalue weighted by molar-refractivity contribution is 6.26. The maximum atomic E-state index is 2.60. The first-order valence-corrected chi connectivity index (χ1v) is 17.0. The smallest absolute Gasteiger partial charge is 0.0618 e. The molecule has 10 aromatic rings. The molecule has 0 fully saturated rings. The van der Waals surface area contributed by atoms with Crippen molar-refractivity contribution in [1.82, 2.24) is 8.97 Å². The van der Waals surface area contributed by atoms with Gasteiger partial charge in [-0.15, -0.1) is 0 Å². The molecule has 0 radical (unpaired) electrons. The van der Waals surface area contributed by atoms with Crippen LogP contribution < -0.4 is 0 Å². The Morgan fingerprint density at radius 2 is 0.979 bits per heavy atom. The first-order valence-electron chi connectivity index (χ1n) is 17.0. The molecular formula is C46H28N2. The summed E-state index contributed by atoms with van der Waals surface area (Å²) in [6.07, 6.45) is 9.38. The van der Waals surface area contributed by atoms with Gasteiger partial charge in [0, 0.05) is 50.3 Å². The van der Waals surface area contributed by atoms with Crippen molar-refractivity contribution in [1.29, 1.82) is 0 Å². The van der Waals surface area contributed by atoms with E-state index in [1.54, 1.807) is 0 Å². The lowest BCUT2D eigenvalue weighted by Crippen LogP contribution is -2.18. The average molecular weight is 609 g/mol. The van der Waals surface area contributed by atoms with Gasteiger partial charge in [0.15, 0.2) is 0 Å². The molecule has 0 saturated carbocycles. The molecule has 0 amide bonds. The molecule has 222 valence electrons. The van der Waals surface area contributed by atoms with Crippen LogP contribution in [0.2, 0.25) is 0 Å². The zero-order valence-electron chi connectivity index (χ0n) is 26.1. The standard InChI is InChI=1S/C46H28N2/c1-2-14-30-28(12-1)29-13-3-4-15-31(29)39-26-27(24-25-32(30)39)47-41-23-10-8-19-37(41)42-34-17-5-6-18-36(34)45-43(46(42)47)38-21-11-20-35-33-16-7-9-22-40(33)48(45)44(35)38/h1-26,34,36H. The summed E-state index contributed by atoms with van der Waals surface area (Å²) < 4.78 is 5.18.